The average Bonchev–Trinajstić information content (AvgIpc) is 3.30. The van der Waals surface area contributed by atoms with Crippen molar-refractivity contribution in [1.29, 1.82) is 0 Å². The van der Waals surface area contributed by atoms with Crippen molar-refractivity contribution in [3.8, 4) is 11.3 Å². The Balaban J connectivity index is 1.66. The Morgan fingerprint density at radius 1 is 1.13 bits per heavy atom. The summed E-state index contributed by atoms with van der Waals surface area (Å²) in [7, 11) is -1.82. The van der Waals surface area contributed by atoms with E-state index >= 15 is 0 Å². The topological polar surface area (TPSA) is 82.6 Å². The number of nitrogens with one attached hydrogen (secondary N) is 2. The average molecular weight is 542 g/mol. The zero-order valence-corrected chi connectivity index (χ0v) is 24.1. The van der Waals surface area contributed by atoms with E-state index in [2.05, 4.69) is 54.5 Å². The molecule has 10 heteroatoms. The third-order valence-corrected chi connectivity index (χ3v) is 11.0. The number of H-pyrrole nitrogens is 1. The van der Waals surface area contributed by atoms with Crippen LogP contribution >= 0.6 is 0 Å². The zero-order chi connectivity index (χ0) is 28.1. The lowest BCUT2D eigenvalue weighted by molar-refractivity contribution is 0.100. The Hall–Kier alpha value is -3.37. The largest absolute Gasteiger partial charge is 0.413 e. The van der Waals surface area contributed by atoms with Crippen molar-refractivity contribution in [1.82, 2.24) is 15.2 Å². The van der Waals surface area contributed by atoms with Gasteiger partial charge < -0.3 is 4.43 Å². The summed E-state index contributed by atoms with van der Waals surface area (Å²) < 4.78 is 33.0. The molecule has 204 valence electrons. The molecule has 0 unspecified atom stereocenters. The summed E-state index contributed by atoms with van der Waals surface area (Å²) in [5, 5.41) is 9.16. The van der Waals surface area contributed by atoms with Gasteiger partial charge in [0.05, 0.1) is 12.3 Å². The van der Waals surface area contributed by atoms with Crippen LogP contribution in [0.1, 0.15) is 50.5 Å². The molecule has 2 N–H and O–H groups in total. The van der Waals surface area contributed by atoms with Gasteiger partial charge in [-0.2, -0.15) is 10.1 Å². The van der Waals surface area contributed by atoms with Crippen molar-refractivity contribution in [2.75, 3.05) is 12.0 Å². The molecule has 38 heavy (non-hydrogen) atoms. The third kappa shape index (κ3) is 7.81. The van der Waals surface area contributed by atoms with Crippen LogP contribution in [0, 0.1) is 17.6 Å². The van der Waals surface area contributed by atoms with Gasteiger partial charge in [-0.3, -0.25) is 20.3 Å². The first kappa shape index (κ1) is 29.2. The molecular formula is C28H37F2N5O2Si. The van der Waals surface area contributed by atoms with Crippen molar-refractivity contribution >= 4 is 26.4 Å². The molecule has 3 aromatic rings. The Morgan fingerprint density at radius 2 is 1.82 bits per heavy atom. The van der Waals surface area contributed by atoms with E-state index in [9.17, 15) is 13.6 Å². The van der Waals surface area contributed by atoms with Crippen LogP contribution in [0.2, 0.25) is 18.1 Å². The fraction of sp³-hybridized carbons (Fsp3) is 0.393. The van der Waals surface area contributed by atoms with Gasteiger partial charge in [0.1, 0.15) is 12.2 Å². The lowest BCUT2D eigenvalue weighted by atomic mass is 10.1. The van der Waals surface area contributed by atoms with E-state index < -0.39 is 25.9 Å². The second kappa shape index (κ2) is 12.0. The smallest absolute Gasteiger partial charge is 0.278 e. The van der Waals surface area contributed by atoms with Gasteiger partial charge in [0.15, 0.2) is 20.0 Å². The number of nitrogens with zero attached hydrogens (tertiary/aromatic N) is 3. The minimum Gasteiger partial charge on any atom is -0.413 e. The highest BCUT2D eigenvalue weighted by molar-refractivity contribution is 6.74. The van der Waals surface area contributed by atoms with Crippen molar-refractivity contribution in [2.24, 2.45) is 10.9 Å². The number of benzene rings is 2. The van der Waals surface area contributed by atoms with Crippen molar-refractivity contribution in [3.05, 3.63) is 71.3 Å². The summed E-state index contributed by atoms with van der Waals surface area (Å²) in [6.07, 6.45) is 1.33. The fourth-order valence-electron chi connectivity index (χ4n) is 3.27. The molecule has 1 heterocycles. The summed E-state index contributed by atoms with van der Waals surface area (Å²) in [5.41, 5.74) is 5.93. The first-order valence-electron chi connectivity index (χ1n) is 12.6. The van der Waals surface area contributed by atoms with Crippen LogP contribution in [-0.4, -0.2) is 42.3 Å². The standard InChI is InChI=1S/C28H37F2N5O2Si/c1-19(2)16-35(18-31-27(36)22-12-13-23(29)24(30)14-22)34-26-15-25(32-33-26)21-10-8-20(9-11-21)17-37-38(6,7)28(3,4)5/h8-15,18-19H,16-17H2,1-7H3,(H2,32,33,34)/b31-18-. The van der Waals surface area contributed by atoms with E-state index in [-0.39, 0.29) is 16.5 Å². The number of hydrogen-bond donors (Lipinski definition) is 2. The molecule has 0 saturated heterocycles. The normalized spacial score (nSPS) is 12.4. The van der Waals surface area contributed by atoms with Gasteiger partial charge >= 0.3 is 0 Å². The maximum absolute atomic E-state index is 13.5. The second-order valence-electron chi connectivity index (χ2n) is 11.2. The van der Waals surface area contributed by atoms with Crippen molar-refractivity contribution < 1.29 is 18.0 Å². The molecule has 0 saturated carbocycles. The molecular weight excluding hydrogens is 504 g/mol. The molecule has 3 rings (SSSR count). The lowest BCUT2D eigenvalue weighted by Crippen LogP contribution is -2.40. The van der Waals surface area contributed by atoms with Gasteiger partial charge in [-0.25, -0.2) is 8.78 Å². The maximum atomic E-state index is 13.5. The van der Waals surface area contributed by atoms with Crippen molar-refractivity contribution in [2.45, 2.75) is 59.4 Å². The monoisotopic (exact) mass is 541 g/mol. The number of hydrogen-bond acceptors (Lipinski definition) is 4. The highest BCUT2D eigenvalue weighted by Crippen LogP contribution is 2.37. The van der Waals surface area contributed by atoms with Crippen LogP contribution < -0.4 is 5.43 Å². The molecule has 0 bridgehead atoms. The van der Waals surface area contributed by atoms with E-state index in [1.807, 2.05) is 44.2 Å². The number of amides is 1. The van der Waals surface area contributed by atoms with E-state index in [4.69, 9.17) is 4.43 Å². The Bertz CT molecular complexity index is 1270. The first-order valence-corrected chi connectivity index (χ1v) is 15.5. The lowest BCUT2D eigenvalue weighted by Gasteiger charge is -2.36. The van der Waals surface area contributed by atoms with E-state index in [1.165, 1.54) is 12.4 Å². The van der Waals surface area contributed by atoms with Gasteiger partial charge in [-0.1, -0.05) is 58.9 Å². The summed E-state index contributed by atoms with van der Waals surface area (Å²) >= 11 is 0. The minimum atomic E-state index is -1.82. The highest BCUT2D eigenvalue weighted by Gasteiger charge is 2.37. The highest BCUT2D eigenvalue weighted by atomic mass is 28.4. The molecule has 0 aliphatic heterocycles. The van der Waals surface area contributed by atoms with Crippen LogP contribution in [0.5, 0.6) is 0 Å². The fourth-order valence-corrected chi connectivity index (χ4v) is 4.23. The Morgan fingerprint density at radius 3 is 2.42 bits per heavy atom. The molecule has 7 nitrogen and oxygen atoms in total. The van der Waals surface area contributed by atoms with E-state index in [0.29, 0.717) is 19.0 Å². The summed E-state index contributed by atoms with van der Waals surface area (Å²) in [6.45, 7) is 16.3. The number of aromatic amines is 1. The summed E-state index contributed by atoms with van der Waals surface area (Å²) in [6, 6.07) is 12.9. The SMILES string of the molecule is CC(C)CN(/C=N\C(=O)c1ccc(F)c(F)c1)Nc1cc(-c2ccc(CO[Si](C)(C)C(C)(C)C)cc2)n[nH]1. The molecule has 2 aromatic carbocycles. The van der Waals surface area contributed by atoms with Crippen LogP contribution in [-0.2, 0) is 11.0 Å². The van der Waals surface area contributed by atoms with E-state index in [0.717, 1.165) is 29.0 Å². The number of aliphatic imine (C=N–C) groups is 1. The summed E-state index contributed by atoms with van der Waals surface area (Å²) in [4.78, 5) is 16.3. The molecule has 0 fully saturated rings. The van der Waals surface area contributed by atoms with Gasteiger partial charge in [-0.15, -0.1) is 0 Å². The Kier molecular flexibility index (Phi) is 9.21. The number of carbonyl (C=O) groups excluding carboxylic acids is 1. The van der Waals surface area contributed by atoms with E-state index in [1.54, 1.807) is 5.01 Å². The molecule has 0 radical (unpaired) electrons. The second-order valence-corrected chi connectivity index (χ2v) is 16.1. The summed E-state index contributed by atoms with van der Waals surface area (Å²) in [5.74, 6) is -1.93. The molecule has 0 aliphatic rings. The predicted octanol–water partition coefficient (Wildman–Crippen LogP) is 7.03. The molecule has 1 aromatic heterocycles. The van der Waals surface area contributed by atoms with Gasteiger partial charge in [-0.05, 0) is 47.8 Å². The van der Waals surface area contributed by atoms with Crippen molar-refractivity contribution in [3.63, 3.8) is 0 Å². The quantitative estimate of drug-likeness (QED) is 0.125. The molecule has 0 aliphatic carbocycles. The van der Waals surface area contributed by atoms with Gasteiger partial charge in [0.25, 0.3) is 5.91 Å². The molecule has 0 spiro atoms. The predicted molar refractivity (Wildman–Crippen MR) is 150 cm³/mol. The number of halogens is 2. The maximum Gasteiger partial charge on any atom is 0.278 e. The van der Waals surface area contributed by atoms with Gasteiger partial charge in [0, 0.05) is 23.7 Å². The Labute approximate surface area is 224 Å². The zero-order valence-electron chi connectivity index (χ0n) is 23.1. The van der Waals surface area contributed by atoms with Gasteiger partial charge in [0.2, 0.25) is 0 Å². The molecule has 0 atom stereocenters. The number of rotatable bonds is 10. The molecule has 1 amide bonds. The van der Waals surface area contributed by atoms with Crippen LogP contribution in [0.4, 0.5) is 14.6 Å². The van der Waals surface area contributed by atoms with Crippen LogP contribution in [0.3, 0.4) is 0 Å². The number of anilines is 1. The first-order chi connectivity index (χ1) is 17.7. The third-order valence-electron chi connectivity index (χ3n) is 6.54. The number of hydrazine groups is 1. The minimum absolute atomic E-state index is 0.0355. The van der Waals surface area contributed by atoms with Crippen LogP contribution in [0.15, 0.2) is 53.5 Å². The van der Waals surface area contributed by atoms with Crippen LogP contribution in [0.25, 0.3) is 11.3 Å². The number of carbonyl (C=O) groups is 1. The number of aromatic nitrogens is 2.